The summed E-state index contributed by atoms with van der Waals surface area (Å²) in [6.45, 7) is 3.99. The van der Waals surface area contributed by atoms with Gasteiger partial charge in [-0.05, 0) is 91.4 Å². The summed E-state index contributed by atoms with van der Waals surface area (Å²) in [6, 6.07) is 11.5. The monoisotopic (exact) mass is 479 g/mol. The predicted molar refractivity (Wildman–Crippen MR) is 116 cm³/mol. The standard InChI is InChI=1S/C22H26INO3/c1-14-7-6-10-18(21(14)23)22(25)24-15(2)16-11-12-19(20(13-16)26-3)27-17-8-4-5-9-17/h6-7,10-13,15,17H,4-5,8-9H2,1-3H3,(H,24,25). The van der Waals surface area contributed by atoms with E-state index in [4.69, 9.17) is 9.47 Å². The fourth-order valence-corrected chi connectivity index (χ4v) is 4.02. The van der Waals surface area contributed by atoms with E-state index >= 15 is 0 Å². The lowest BCUT2D eigenvalue weighted by Crippen LogP contribution is -2.27. The van der Waals surface area contributed by atoms with Crippen LogP contribution in [0.25, 0.3) is 0 Å². The van der Waals surface area contributed by atoms with E-state index < -0.39 is 0 Å². The number of hydrogen-bond acceptors (Lipinski definition) is 3. The van der Waals surface area contributed by atoms with Crippen molar-refractivity contribution in [3.8, 4) is 11.5 Å². The van der Waals surface area contributed by atoms with Gasteiger partial charge >= 0.3 is 0 Å². The van der Waals surface area contributed by atoms with Gasteiger partial charge in [0.2, 0.25) is 0 Å². The van der Waals surface area contributed by atoms with Crippen LogP contribution in [0.1, 0.15) is 60.1 Å². The largest absolute Gasteiger partial charge is 0.493 e. The van der Waals surface area contributed by atoms with Crippen LogP contribution in [-0.4, -0.2) is 19.1 Å². The van der Waals surface area contributed by atoms with Crippen LogP contribution in [0.4, 0.5) is 0 Å². The Labute approximate surface area is 174 Å². The van der Waals surface area contributed by atoms with E-state index in [0.717, 1.165) is 33.3 Å². The Hall–Kier alpha value is -1.76. The predicted octanol–water partition coefficient (Wildman–Crippen LogP) is 5.42. The van der Waals surface area contributed by atoms with Crippen LogP contribution in [0.15, 0.2) is 36.4 Å². The third-order valence-electron chi connectivity index (χ3n) is 5.07. The molecule has 0 radical (unpaired) electrons. The molecule has 1 amide bonds. The molecule has 144 valence electrons. The van der Waals surface area contributed by atoms with Crippen molar-refractivity contribution in [1.29, 1.82) is 0 Å². The van der Waals surface area contributed by atoms with E-state index in [2.05, 4.69) is 27.9 Å². The van der Waals surface area contributed by atoms with Gasteiger partial charge in [-0.3, -0.25) is 4.79 Å². The molecular formula is C22H26INO3. The van der Waals surface area contributed by atoms with Crippen molar-refractivity contribution in [2.24, 2.45) is 0 Å². The second-order valence-corrected chi connectivity index (χ2v) is 8.14. The minimum Gasteiger partial charge on any atom is -0.493 e. The minimum atomic E-state index is -0.136. The van der Waals surface area contributed by atoms with Crippen molar-refractivity contribution >= 4 is 28.5 Å². The molecule has 1 saturated carbocycles. The first-order chi connectivity index (χ1) is 13.0. The number of halogens is 1. The Morgan fingerprint density at radius 2 is 1.93 bits per heavy atom. The maximum Gasteiger partial charge on any atom is 0.252 e. The van der Waals surface area contributed by atoms with Gasteiger partial charge in [-0.2, -0.15) is 0 Å². The SMILES string of the molecule is COc1cc(C(C)NC(=O)c2cccc(C)c2I)ccc1OC1CCCC1. The number of amides is 1. The van der Waals surface area contributed by atoms with Gasteiger partial charge in [0.05, 0.1) is 24.8 Å². The number of methoxy groups -OCH3 is 1. The molecule has 5 heteroatoms. The molecular weight excluding hydrogens is 453 g/mol. The topological polar surface area (TPSA) is 47.6 Å². The van der Waals surface area contributed by atoms with Crippen LogP contribution in [0.5, 0.6) is 11.5 Å². The number of aryl methyl sites for hydroxylation is 1. The molecule has 1 atom stereocenters. The summed E-state index contributed by atoms with van der Waals surface area (Å²) in [7, 11) is 1.65. The molecule has 3 rings (SSSR count). The number of rotatable bonds is 6. The molecule has 0 heterocycles. The Balaban J connectivity index is 1.73. The molecule has 2 aromatic carbocycles. The summed E-state index contributed by atoms with van der Waals surface area (Å²) in [5, 5.41) is 3.08. The normalized spacial score (nSPS) is 15.4. The van der Waals surface area contributed by atoms with Gasteiger partial charge in [0, 0.05) is 3.57 Å². The maximum absolute atomic E-state index is 12.7. The van der Waals surface area contributed by atoms with Crippen molar-refractivity contribution in [2.45, 2.75) is 51.7 Å². The second kappa shape index (κ2) is 8.95. The Kier molecular flexibility index (Phi) is 6.63. The van der Waals surface area contributed by atoms with Gasteiger partial charge in [0.15, 0.2) is 11.5 Å². The summed E-state index contributed by atoms with van der Waals surface area (Å²) in [5.41, 5.74) is 2.79. The highest BCUT2D eigenvalue weighted by molar-refractivity contribution is 14.1. The molecule has 27 heavy (non-hydrogen) atoms. The lowest BCUT2D eigenvalue weighted by atomic mass is 10.1. The Bertz CT molecular complexity index is 815. The van der Waals surface area contributed by atoms with Crippen molar-refractivity contribution in [2.75, 3.05) is 7.11 Å². The van der Waals surface area contributed by atoms with E-state index in [-0.39, 0.29) is 18.1 Å². The van der Waals surface area contributed by atoms with Gasteiger partial charge < -0.3 is 14.8 Å². The molecule has 1 aliphatic carbocycles. The summed E-state index contributed by atoms with van der Waals surface area (Å²) in [6.07, 6.45) is 4.95. The van der Waals surface area contributed by atoms with Crippen LogP contribution >= 0.6 is 22.6 Å². The molecule has 4 nitrogen and oxygen atoms in total. The number of benzene rings is 2. The smallest absolute Gasteiger partial charge is 0.252 e. The Morgan fingerprint density at radius 3 is 2.63 bits per heavy atom. The second-order valence-electron chi connectivity index (χ2n) is 7.07. The Morgan fingerprint density at radius 1 is 1.19 bits per heavy atom. The molecule has 1 fully saturated rings. The molecule has 0 spiro atoms. The van der Waals surface area contributed by atoms with Crippen LogP contribution in [0.3, 0.4) is 0 Å². The van der Waals surface area contributed by atoms with Crippen molar-refractivity contribution in [3.63, 3.8) is 0 Å². The summed E-state index contributed by atoms with van der Waals surface area (Å²) >= 11 is 2.22. The molecule has 1 N–H and O–H groups in total. The highest BCUT2D eigenvalue weighted by Crippen LogP contribution is 2.33. The first-order valence-electron chi connectivity index (χ1n) is 9.40. The summed E-state index contributed by atoms with van der Waals surface area (Å²) in [5.74, 6) is 1.42. The van der Waals surface area contributed by atoms with E-state index in [1.807, 2.05) is 50.2 Å². The number of carbonyl (C=O) groups excluding carboxylic acids is 1. The van der Waals surface area contributed by atoms with E-state index in [0.29, 0.717) is 11.3 Å². The zero-order valence-electron chi connectivity index (χ0n) is 16.0. The summed E-state index contributed by atoms with van der Waals surface area (Å²) < 4.78 is 12.6. The van der Waals surface area contributed by atoms with Gasteiger partial charge in [-0.25, -0.2) is 0 Å². The number of nitrogens with one attached hydrogen (secondary N) is 1. The van der Waals surface area contributed by atoms with Crippen LogP contribution in [0, 0.1) is 10.5 Å². The zero-order valence-corrected chi connectivity index (χ0v) is 18.2. The first kappa shape index (κ1) is 20.0. The molecule has 1 aliphatic rings. The van der Waals surface area contributed by atoms with Crippen molar-refractivity contribution in [1.82, 2.24) is 5.32 Å². The highest BCUT2D eigenvalue weighted by Gasteiger charge is 2.20. The minimum absolute atomic E-state index is 0.0687. The lowest BCUT2D eigenvalue weighted by molar-refractivity contribution is 0.0939. The molecule has 0 saturated heterocycles. The van der Waals surface area contributed by atoms with E-state index in [1.54, 1.807) is 7.11 Å². The van der Waals surface area contributed by atoms with Gasteiger partial charge in [0.1, 0.15) is 0 Å². The molecule has 2 aromatic rings. The van der Waals surface area contributed by atoms with Crippen molar-refractivity contribution in [3.05, 3.63) is 56.7 Å². The van der Waals surface area contributed by atoms with Gasteiger partial charge in [-0.1, -0.05) is 18.2 Å². The maximum atomic E-state index is 12.7. The third-order valence-corrected chi connectivity index (χ3v) is 6.50. The molecule has 0 aromatic heterocycles. The van der Waals surface area contributed by atoms with Crippen LogP contribution in [0.2, 0.25) is 0 Å². The van der Waals surface area contributed by atoms with E-state index in [9.17, 15) is 4.79 Å². The van der Waals surface area contributed by atoms with E-state index in [1.165, 1.54) is 12.8 Å². The van der Waals surface area contributed by atoms with Gasteiger partial charge in [-0.15, -0.1) is 0 Å². The quantitative estimate of drug-likeness (QED) is 0.563. The first-order valence-corrected chi connectivity index (χ1v) is 10.5. The van der Waals surface area contributed by atoms with Gasteiger partial charge in [0.25, 0.3) is 5.91 Å². The average Bonchev–Trinajstić information content (AvgIpc) is 3.17. The number of hydrogen-bond donors (Lipinski definition) is 1. The van der Waals surface area contributed by atoms with Crippen molar-refractivity contribution < 1.29 is 14.3 Å². The average molecular weight is 479 g/mol. The van der Waals surface area contributed by atoms with Crippen LogP contribution < -0.4 is 14.8 Å². The van der Waals surface area contributed by atoms with Crippen LogP contribution in [-0.2, 0) is 0 Å². The lowest BCUT2D eigenvalue weighted by Gasteiger charge is -2.19. The fraction of sp³-hybridized carbons (Fsp3) is 0.409. The fourth-order valence-electron chi connectivity index (χ4n) is 3.42. The third kappa shape index (κ3) is 4.75. The number of ether oxygens (including phenoxy) is 2. The zero-order chi connectivity index (χ0) is 19.4. The summed E-state index contributed by atoms with van der Waals surface area (Å²) in [4.78, 5) is 12.7. The molecule has 1 unspecified atom stereocenters. The highest BCUT2D eigenvalue weighted by atomic mass is 127. The molecule has 0 aliphatic heterocycles. The molecule has 0 bridgehead atoms. The number of carbonyl (C=O) groups is 1.